The minimum absolute atomic E-state index is 0.0618. The maximum Gasteiger partial charge on any atom is 0.251 e. The van der Waals surface area contributed by atoms with Gasteiger partial charge in [0.15, 0.2) is 5.16 Å². The third-order valence-corrected chi connectivity index (χ3v) is 4.04. The first-order valence-electron chi connectivity index (χ1n) is 6.92. The summed E-state index contributed by atoms with van der Waals surface area (Å²) in [5.74, 6) is 0.448. The van der Waals surface area contributed by atoms with Gasteiger partial charge in [0.1, 0.15) is 0 Å². The van der Waals surface area contributed by atoms with Crippen molar-refractivity contribution in [3.05, 3.63) is 69.6 Å². The number of carbonyl (C=O) groups is 1. The number of amides is 1. The van der Waals surface area contributed by atoms with Crippen LogP contribution in [0.25, 0.3) is 0 Å². The number of halogens is 1. The van der Waals surface area contributed by atoms with E-state index >= 15 is 0 Å². The molecule has 2 aromatic rings. The molecule has 0 bridgehead atoms. The lowest BCUT2D eigenvalue weighted by molar-refractivity contribution is -0.120. The van der Waals surface area contributed by atoms with Crippen molar-refractivity contribution in [1.82, 2.24) is 15.3 Å². The largest absolute Gasteiger partial charge is 0.352 e. The second-order valence-corrected chi connectivity index (χ2v) is 6.13. The van der Waals surface area contributed by atoms with Crippen molar-refractivity contribution in [2.75, 3.05) is 6.54 Å². The quantitative estimate of drug-likeness (QED) is 0.457. The second-order valence-electron chi connectivity index (χ2n) is 4.73. The first-order chi connectivity index (χ1) is 11.1. The van der Waals surface area contributed by atoms with Crippen LogP contribution in [0.4, 0.5) is 0 Å². The molecule has 120 valence electrons. The molecule has 0 saturated heterocycles. The Morgan fingerprint density at radius 3 is 2.83 bits per heavy atom. The van der Waals surface area contributed by atoms with Gasteiger partial charge in [0.05, 0.1) is 12.1 Å². The highest BCUT2D eigenvalue weighted by atomic mass is 35.5. The fraction of sp³-hybridized carbons (Fsp3) is 0.188. The molecule has 1 amide bonds. The molecular formula is C16H16ClN3O2S. The summed E-state index contributed by atoms with van der Waals surface area (Å²) in [7, 11) is 0. The van der Waals surface area contributed by atoms with Crippen LogP contribution in [0, 0.1) is 0 Å². The summed E-state index contributed by atoms with van der Waals surface area (Å²) in [6.07, 6.45) is 1.66. The maximum atomic E-state index is 11.7. The zero-order valence-corrected chi connectivity index (χ0v) is 13.9. The minimum Gasteiger partial charge on any atom is -0.352 e. The molecule has 0 spiro atoms. The number of carbonyl (C=O) groups excluding carboxylic acids is 1. The molecule has 0 saturated carbocycles. The monoisotopic (exact) mass is 349 g/mol. The fourth-order valence-corrected chi connectivity index (χ4v) is 2.76. The highest BCUT2D eigenvalue weighted by molar-refractivity contribution is 7.98. The standard InChI is InChI=1S/C16H16ClN3O2S/c1-2-7-18-14(21)8-13-9-15(22)20-16(19-13)23-10-11-3-5-12(17)6-4-11/h2-6,9H,1,7-8,10H2,(H,18,21)(H,19,20,22). The Hall–Kier alpha value is -2.05. The molecule has 2 rings (SSSR count). The Morgan fingerprint density at radius 2 is 2.13 bits per heavy atom. The number of aromatic amines is 1. The van der Waals surface area contributed by atoms with Crippen LogP contribution in [-0.4, -0.2) is 22.4 Å². The van der Waals surface area contributed by atoms with Gasteiger partial charge in [0, 0.05) is 23.4 Å². The lowest BCUT2D eigenvalue weighted by atomic mass is 10.2. The summed E-state index contributed by atoms with van der Waals surface area (Å²) < 4.78 is 0. The van der Waals surface area contributed by atoms with E-state index in [1.54, 1.807) is 6.08 Å². The van der Waals surface area contributed by atoms with Gasteiger partial charge in [-0.1, -0.05) is 41.6 Å². The van der Waals surface area contributed by atoms with E-state index in [9.17, 15) is 9.59 Å². The molecule has 5 nitrogen and oxygen atoms in total. The third-order valence-electron chi connectivity index (χ3n) is 2.85. The van der Waals surface area contributed by atoms with E-state index in [1.807, 2.05) is 24.3 Å². The summed E-state index contributed by atoms with van der Waals surface area (Å²) in [6, 6.07) is 8.79. The number of nitrogens with zero attached hydrogens (tertiary/aromatic N) is 1. The molecular weight excluding hydrogens is 334 g/mol. The van der Waals surface area contributed by atoms with Crippen molar-refractivity contribution in [2.45, 2.75) is 17.3 Å². The van der Waals surface area contributed by atoms with Gasteiger partial charge in [-0.2, -0.15) is 0 Å². The predicted octanol–water partition coefficient (Wildman–Crippen LogP) is 2.56. The molecule has 0 atom stereocenters. The van der Waals surface area contributed by atoms with E-state index in [-0.39, 0.29) is 17.9 Å². The lowest BCUT2D eigenvalue weighted by Crippen LogP contribution is -2.26. The van der Waals surface area contributed by atoms with Gasteiger partial charge >= 0.3 is 0 Å². The Balaban J connectivity index is 2.01. The number of thioether (sulfide) groups is 1. The number of hydrogen-bond donors (Lipinski definition) is 2. The molecule has 0 radical (unpaired) electrons. The average molecular weight is 350 g/mol. The third kappa shape index (κ3) is 5.92. The molecule has 1 aromatic heterocycles. The van der Waals surface area contributed by atoms with Crippen LogP contribution >= 0.6 is 23.4 Å². The summed E-state index contributed by atoms with van der Waals surface area (Å²) >= 11 is 7.24. The SMILES string of the molecule is C=CCNC(=O)Cc1cc(=O)[nH]c(SCc2ccc(Cl)cc2)n1. The van der Waals surface area contributed by atoms with Gasteiger partial charge in [0.2, 0.25) is 5.91 Å². The predicted molar refractivity (Wildman–Crippen MR) is 92.8 cm³/mol. The Kier molecular flexibility index (Phi) is 6.43. The van der Waals surface area contributed by atoms with Crippen LogP contribution in [0.5, 0.6) is 0 Å². The Bertz CT molecular complexity index is 744. The van der Waals surface area contributed by atoms with Crippen molar-refractivity contribution in [2.24, 2.45) is 0 Å². The number of H-pyrrole nitrogens is 1. The summed E-state index contributed by atoms with van der Waals surface area (Å²) in [6.45, 7) is 3.92. The first kappa shape index (κ1) is 17.3. The highest BCUT2D eigenvalue weighted by Crippen LogP contribution is 2.19. The van der Waals surface area contributed by atoms with Crippen LogP contribution in [0.15, 0.2) is 52.9 Å². The summed E-state index contributed by atoms with van der Waals surface area (Å²) in [5.41, 5.74) is 1.23. The van der Waals surface area contributed by atoms with Gasteiger partial charge < -0.3 is 10.3 Å². The number of aromatic nitrogens is 2. The number of rotatable bonds is 7. The molecule has 0 aliphatic heterocycles. The highest BCUT2D eigenvalue weighted by Gasteiger charge is 2.07. The minimum atomic E-state index is -0.273. The van der Waals surface area contributed by atoms with Gasteiger partial charge in [-0.15, -0.1) is 6.58 Å². The van der Waals surface area contributed by atoms with Crippen LogP contribution < -0.4 is 10.9 Å². The number of hydrogen-bond acceptors (Lipinski definition) is 4. The van der Waals surface area contributed by atoms with E-state index in [4.69, 9.17) is 11.6 Å². The van der Waals surface area contributed by atoms with Crippen molar-refractivity contribution in [1.29, 1.82) is 0 Å². The molecule has 23 heavy (non-hydrogen) atoms. The van der Waals surface area contributed by atoms with Crippen molar-refractivity contribution in [3.8, 4) is 0 Å². The molecule has 0 fully saturated rings. The van der Waals surface area contributed by atoms with Crippen LogP contribution in [0.2, 0.25) is 5.02 Å². The van der Waals surface area contributed by atoms with Crippen molar-refractivity contribution < 1.29 is 4.79 Å². The zero-order chi connectivity index (χ0) is 16.7. The van der Waals surface area contributed by atoms with Gasteiger partial charge in [0.25, 0.3) is 5.56 Å². The molecule has 0 unspecified atom stereocenters. The van der Waals surface area contributed by atoms with Crippen molar-refractivity contribution in [3.63, 3.8) is 0 Å². The average Bonchev–Trinajstić information content (AvgIpc) is 2.52. The zero-order valence-electron chi connectivity index (χ0n) is 12.3. The van der Waals surface area contributed by atoms with Crippen LogP contribution in [0.1, 0.15) is 11.3 Å². The van der Waals surface area contributed by atoms with E-state index in [0.29, 0.717) is 28.2 Å². The molecule has 0 aliphatic carbocycles. The maximum absolute atomic E-state index is 11.7. The Labute approximate surface area is 143 Å². The fourth-order valence-electron chi connectivity index (χ4n) is 1.79. The molecule has 1 heterocycles. The smallest absolute Gasteiger partial charge is 0.251 e. The van der Waals surface area contributed by atoms with E-state index < -0.39 is 0 Å². The summed E-state index contributed by atoms with van der Waals surface area (Å²) in [4.78, 5) is 30.3. The second kappa shape index (κ2) is 8.55. The van der Waals surface area contributed by atoms with E-state index in [0.717, 1.165) is 5.56 Å². The van der Waals surface area contributed by atoms with Gasteiger partial charge in [-0.3, -0.25) is 9.59 Å². The lowest BCUT2D eigenvalue weighted by Gasteiger charge is -2.05. The Morgan fingerprint density at radius 1 is 1.39 bits per heavy atom. The van der Waals surface area contributed by atoms with E-state index in [2.05, 4.69) is 21.9 Å². The number of nitrogens with one attached hydrogen (secondary N) is 2. The molecule has 0 aliphatic rings. The van der Waals surface area contributed by atoms with E-state index in [1.165, 1.54) is 17.8 Å². The summed E-state index contributed by atoms with van der Waals surface area (Å²) in [5, 5.41) is 3.82. The molecule has 1 aromatic carbocycles. The van der Waals surface area contributed by atoms with Crippen LogP contribution in [0.3, 0.4) is 0 Å². The molecule has 2 N–H and O–H groups in total. The first-order valence-corrected chi connectivity index (χ1v) is 8.28. The van der Waals surface area contributed by atoms with Crippen LogP contribution in [-0.2, 0) is 17.0 Å². The number of benzene rings is 1. The topological polar surface area (TPSA) is 74.8 Å². The van der Waals surface area contributed by atoms with Gasteiger partial charge in [-0.25, -0.2) is 4.98 Å². The van der Waals surface area contributed by atoms with Crippen molar-refractivity contribution >= 4 is 29.3 Å². The molecule has 7 heteroatoms. The normalized spacial score (nSPS) is 10.3. The van der Waals surface area contributed by atoms with Gasteiger partial charge in [-0.05, 0) is 17.7 Å².